The summed E-state index contributed by atoms with van der Waals surface area (Å²) in [6, 6.07) is 7.14. The van der Waals surface area contributed by atoms with Crippen LogP contribution in [0.2, 0.25) is 5.02 Å². The van der Waals surface area contributed by atoms with Crippen LogP contribution < -0.4 is 0 Å². The summed E-state index contributed by atoms with van der Waals surface area (Å²) < 4.78 is 27.0. The number of alkyl halides is 2. The lowest BCUT2D eigenvalue weighted by atomic mass is 10.1. The van der Waals surface area contributed by atoms with E-state index in [1.54, 1.807) is 24.6 Å². The predicted molar refractivity (Wildman–Crippen MR) is 88.8 cm³/mol. The van der Waals surface area contributed by atoms with E-state index in [2.05, 4.69) is 25.5 Å². The minimum atomic E-state index is -2.77. The number of nitrogens with zero attached hydrogens (tertiary/aromatic N) is 5. The average Bonchev–Trinajstić information content (AvgIpc) is 3.19. The molecule has 1 N–H and O–H groups in total. The lowest BCUT2D eigenvalue weighted by molar-refractivity contribution is 0.135. The van der Waals surface area contributed by atoms with Gasteiger partial charge in [0, 0.05) is 16.1 Å². The minimum absolute atomic E-state index is 0.276. The van der Waals surface area contributed by atoms with Crippen molar-refractivity contribution in [3.05, 3.63) is 46.9 Å². The molecule has 2 aromatic heterocycles. The highest BCUT2D eigenvalue weighted by molar-refractivity contribution is 7.98. The van der Waals surface area contributed by atoms with Crippen LogP contribution in [0, 0.1) is 0 Å². The van der Waals surface area contributed by atoms with Crippen LogP contribution in [0.5, 0.6) is 0 Å². The fourth-order valence-corrected chi connectivity index (χ4v) is 2.57. The Kier molecular flexibility index (Phi) is 4.91. The van der Waals surface area contributed by atoms with Gasteiger partial charge >= 0.3 is 0 Å². The van der Waals surface area contributed by atoms with E-state index in [1.165, 1.54) is 18.0 Å². The molecule has 0 atom stereocenters. The molecule has 2 heterocycles. The van der Waals surface area contributed by atoms with E-state index >= 15 is 0 Å². The first-order valence-corrected chi connectivity index (χ1v) is 8.31. The molecule has 0 saturated heterocycles. The molecule has 0 aliphatic carbocycles. The highest BCUT2D eigenvalue weighted by Crippen LogP contribution is 2.24. The van der Waals surface area contributed by atoms with Gasteiger partial charge in [0.25, 0.3) is 6.43 Å². The molecule has 24 heavy (non-hydrogen) atoms. The van der Waals surface area contributed by atoms with Gasteiger partial charge < -0.3 is 0 Å². The van der Waals surface area contributed by atoms with Gasteiger partial charge in [-0.05, 0) is 18.4 Å². The molecule has 0 aliphatic heterocycles. The zero-order valence-corrected chi connectivity index (χ0v) is 13.9. The summed E-state index contributed by atoms with van der Waals surface area (Å²) in [7, 11) is 0. The van der Waals surface area contributed by atoms with Crippen LogP contribution in [0.4, 0.5) is 8.78 Å². The second-order valence-corrected chi connectivity index (χ2v) is 5.82. The van der Waals surface area contributed by atoms with Gasteiger partial charge in [0.2, 0.25) is 11.0 Å². The fourth-order valence-electron chi connectivity index (χ4n) is 2.01. The quantitative estimate of drug-likeness (QED) is 0.548. The molecule has 6 nitrogen and oxygen atoms in total. The number of rotatable bonds is 5. The molecule has 3 aromatic rings. The highest BCUT2D eigenvalue weighted by Gasteiger charge is 2.19. The molecule has 0 radical (unpaired) electrons. The van der Waals surface area contributed by atoms with E-state index in [4.69, 9.17) is 11.6 Å². The van der Waals surface area contributed by atoms with Gasteiger partial charge in [-0.15, -0.1) is 10.2 Å². The van der Waals surface area contributed by atoms with Crippen molar-refractivity contribution in [1.82, 2.24) is 25.1 Å². The molecule has 0 amide bonds. The first-order chi connectivity index (χ1) is 11.6. The van der Waals surface area contributed by atoms with Crippen molar-refractivity contribution in [1.29, 1.82) is 0 Å². The Morgan fingerprint density at radius 3 is 2.71 bits per heavy atom. The van der Waals surface area contributed by atoms with Gasteiger partial charge in [-0.3, -0.25) is 5.10 Å². The van der Waals surface area contributed by atoms with Crippen molar-refractivity contribution in [2.75, 3.05) is 6.26 Å². The number of thioether (sulfide) groups is 1. The maximum Gasteiger partial charge on any atom is 0.299 e. The largest absolute Gasteiger partial charge is 0.299 e. The lowest BCUT2D eigenvalue weighted by Crippen LogP contribution is -2.00. The summed E-state index contributed by atoms with van der Waals surface area (Å²) in [5.41, 5.74) is 2.19. The van der Waals surface area contributed by atoms with Crippen LogP contribution in [0.25, 0.3) is 11.3 Å². The summed E-state index contributed by atoms with van der Waals surface area (Å²) in [5, 5.41) is 19.0. The van der Waals surface area contributed by atoms with Crippen molar-refractivity contribution in [2.24, 2.45) is 5.10 Å². The van der Waals surface area contributed by atoms with Gasteiger partial charge in [-0.25, -0.2) is 8.78 Å². The Bertz CT molecular complexity index is 859. The van der Waals surface area contributed by atoms with Crippen molar-refractivity contribution < 1.29 is 8.78 Å². The fraction of sp³-hybridized carbons (Fsp3) is 0.143. The van der Waals surface area contributed by atoms with Crippen LogP contribution in [0.1, 0.15) is 17.8 Å². The van der Waals surface area contributed by atoms with Crippen LogP contribution in [-0.2, 0) is 0 Å². The molecule has 3 rings (SSSR count). The number of halogens is 3. The van der Waals surface area contributed by atoms with E-state index in [0.29, 0.717) is 16.3 Å². The maximum atomic E-state index is 13.0. The second-order valence-electron chi connectivity index (χ2n) is 4.61. The minimum Gasteiger partial charge on any atom is -0.277 e. The summed E-state index contributed by atoms with van der Waals surface area (Å²) in [6.07, 6.45) is 1.93. The van der Waals surface area contributed by atoms with Crippen LogP contribution in [0.3, 0.4) is 0 Å². The zero-order chi connectivity index (χ0) is 17.1. The highest BCUT2D eigenvalue weighted by atomic mass is 35.5. The van der Waals surface area contributed by atoms with Gasteiger partial charge in [-0.2, -0.15) is 14.9 Å². The number of nitrogens with one attached hydrogen (secondary N) is 1. The Hall–Kier alpha value is -2.26. The third kappa shape index (κ3) is 3.31. The van der Waals surface area contributed by atoms with Crippen molar-refractivity contribution >= 4 is 29.6 Å². The number of H-pyrrole nitrogens is 1. The molecular formula is C14H11ClF2N6S. The molecule has 0 fully saturated rings. The molecule has 0 bridgehead atoms. The Morgan fingerprint density at radius 2 is 2.04 bits per heavy atom. The summed E-state index contributed by atoms with van der Waals surface area (Å²) in [4.78, 5) is 0. The third-order valence-corrected chi connectivity index (χ3v) is 4.00. The monoisotopic (exact) mass is 368 g/mol. The molecule has 10 heteroatoms. The SMILES string of the molecule is CSc1nnc(C(F)F)n1N=Cc1cn[nH]c1-c1ccc(Cl)cc1. The Labute approximate surface area is 144 Å². The van der Waals surface area contributed by atoms with E-state index < -0.39 is 12.2 Å². The Morgan fingerprint density at radius 1 is 1.29 bits per heavy atom. The molecule has 1 aromatic carbocycles. The maximum absolute atomic E-state index is 13.0. The number of hydrogen-bond acceptors (Lipinski definition) is 5. The van der Waals surface area contributed by atoms with Crippen LogP contribution in [-0.4, -0.2) is 37.5 Å². The van der Waals surface area contributed by atoms with Crippen molar-refractivity contribution in [3.63, 3.8) is 0 Å². The second kappa shape index (κ2) is 7.10. The number of benzene rings is 1. The third-order valence-electron chi connectivity index (χ3n) is 3.13. The molecular weight excluding hydrogens is 358 g/mol. The zero-order valence-electron chi connectivity index (χ0n) is 12.3. The summed E-state index contributed by atoms with van der Waals surface area (Å²) in [6.45, 7) is 0. The molecule has 0 spiro atoms. The van der Waals surface area contributed by atoms with E-state index in [-0.39, 0.29) is 5.16 Å². The van der Waals surface area contributed by atoms with E-state index in [9.17, 15) is 8.78 Å². The van der Waals surface area contributed by atoms with E-state index in [1.807, 2.05) is 12.1 Å². The first-order valence-electron chi connectivity index (χ1n) is 6.71. The van der Waals surface area contributed by atoms with Crippen LogP contribution >= 0.6 is 23.4 Å². The van der Waals surface area contributed by atoms with Gasteiger partial charge in [0.05, 0.1) is 18.1 Å². The van der Waals surface area contributed by atoms with Gasteiger partial charge in [-0.1, -0.05) is 35.5 Å². The van der Waals surface area contributed by atoms with Gasteiger partial charge in [0.15, 0.2) is 0 Å². The first kappa shape index (κ1) is 16.6. The number of hydrogen-bond donors (Lipinski definition) is 1. The summed E-state index contributed by atoms with van der Waals surface area (Å²) >= 11 is 7.06. The molecule has 0 aliphatic rings. The number of aromatic nitrogens is 5. The predicted octanol–water partition coefficient (Wildman–Crippen LogP) is 3.86. The van der Waals surface area contributed by atoms with E-state index in [0.717, 1.165) is 10.2 Å². The number of aromatic amines is 1. The smallest absolute Gasteiger partial charge is 0.277 e. The summed E-state index contributed by atoms with van der Waals surface area (Å²) in [5.74, 6) is -0.507. The standard InChI is InChI=1S/C14H11ClF2N6S/c1-24-14-22-21-13(12(16)17)23(14)19-7-9-6-18-20-11(9)8-2-4-10(15)5-3-8/h2-7,12H,1H3,(H,18,20). The molecule has 124 valence electrons. The molecule has 0 unspecified atom stereocenters. The van der Waals surface area contributed by atoms with Crippen LogP contribution in [0.15, 0.2) is 40.7 Å². The van der Waals surface area contributed by atoms with Crippen molar-refractivity contribution in [3.8, 4) is 11.3 Å². The Balaban J connectivity index is 1.96. The molecule has 0 saturated carbocycles. The topological polar surface area (TPSA) is 71.8 Å². The lowest BCUT2D eigenvalue weighted by Gasteiger charge is -2.02. The normalized spacial score (nSPS) is 11.7. The van der Waals surface area contributed by atoms with Crippen molar-refractivity contribution in [2.45, 2.75) is 11.6 Å². The average molecular weight is 369 g/mol. The van der Waals surface area contributed by atoms with Gasteiger partial charge in [0.1, 0.15) is 0 Å².